The SMILES string of the molecule is COC(=O)Cc1cc(OC)ccc1S(=O)(=O)N(C)CC(=O)O. The van der Waals surface area contributed by atoms with Crippen molar-refractivity contribution in [2.24, 2.45) is 0 Å². The highest BCUT2D eigenvalue weighted by Gasteiger charge is 2.26. The Morgan fingerprint density at radius 1 is 1.27 bits per heavy atom. The molecular weight excluding hydrogens is 314 g/mol. The van der Waals surface area contributed by atoms with Crippen LogP contribution in [0.3, 0.4) is 0 Å². The number of carbonyl (C=O) groups excluding carboxylic acids is 1. The van der Waals surface area contributed by atoms with Gasteiger partial charge in [-0.3, -0.25) is 9.59 Å². The number of nitrogens with zero attached hydrogens (tertiary/aromatic N) is 1. The molecule has 8 nitrogen and oxygen atoms in total. The third-order valence-corrected chi connectivity index (χ3v) is 4.78. The van der Waals surface area contributed by atoms with Crippen LogP contribution in [0.25, 0.3) is 0 Å². The van der Waals surface area contributed by atoms with Gasteiger partial charge in [0.05, 0.1) is 25.5 Å². The van der Waals surface area contributed by atoms with Crippen molar-refractivity contribution in [1.29, 1.82) is 0 Å². The van der Waals surface area contributed by atoms with Crippen LogP contribution in [0.1, 0.15) is 5.56 Å². The van der Waals surface area contributed by atoms with Gasteiger partial charge in [-0.1, -0.05) is 0 Å². The van der Waals surface area contributed by atoms with Crippen molar-refractivity contribution in [2.75, 3.05) is 27.8 Å². The van der Waals surface area contributed by atoms with E-state index in [1.54, 1.807) is 0 Å². The molecule has 9 heteroatoms. The zero-order valence-corrected chi connectivity index (χ0v) is 13.2. The second kappa shape index (κ2) is 7.23. The summed E-state index contributed by atoms with van der Waals surface area (Å²) in [6.45, 7) is -0.688. The minimum Gasteiger partial charge on any atom is -0.497 e. The average molecular weight is 331 g/mol. The molecule has 0 aliphatic carbocycles. The van der Waals surface area contributed by atoms with Crippen molar-refractivity contribution >= 4 is 22.0 Å². The summed E-state index contributed by atoms with van der Waals surface area (Å²) < 4.78 is 35.1. The van der Waals surface area contributed by atoms with E-state index in [2.05, 4.69) is 4.74 Å². The van der Waals surface area contributed by atoms with Gasteiger partial charge in [-0.15, -0.1) is 0 Å². The van der Waals surface area contributed by atoms with Crippen molar-refractivity contribution in [3.05, 3.63) is 23.8 Å². The number of methoxy groups -OCH3 is 2. The van der Waals surface area contributed by atoms with Crippen LogP contribution in [0.2, 0.25) is 0 Å². The highest BCUT2D eigenvalue weighted by Crippen LogP contribution is 2.25. The van der Waals surface area contributed by atoms with Crippen molar-refractivity contribution in [3.63, 3.8) is 0 Å². The molecule has 22 heavy (non-hydrogen) atoms. The highest BCUT2D eigenvalue weighted by molar-refractivity contribution is 7.89. The van der Waals surface area contributed by atoms with Crippen LogP contribution in [-0.2, 0) is 30.8 Å². The second-order valence-corrected chi connectivity index (χ2v) is 6.39. The molecule has 0 saturated heterocycles. The molecule has 0 atom stereocenters. The Bertz CT molecular complexity index is 669. The minimum atomic E-state index is -4.05. The van der Waals surface area contributed by atoms with Crippen LogP contribution >= 0.6 is 0 Å². The summed E-state index contributed by atoms with van der Waals surface area (Å²) in [5.74, 6) is -1.53. The standard InChI is InChI=1S/C13H17NO7S/c1-14(8-12(15)16)22(18,19)11-5-4-10(20-2)6-9(11)7-13(17)21-3/h4-6H,7-8H2,1-3H3,(H,15,16). The maximum Gasteiger partial charge on any atom is 0.318 e. The van der Waals surface area contributed by atoms with Gasteiger partial charge in [0, 0.05) is 7.05 Å². The van der Waals surface area contributed by atoms with E-state index < -0.39 is 28.5 Å². The van der Waals surface area contributed by atoms with E-state index in [9.17, 15) is 18.0 Å². The molecule has 122 valence electrons. The molecule has 1 aromatic rings. The van der Waals surface area contributed by atoms with Gasteiger partial charge in [0.25, 0.3) is 0 Å². The molecule has 0 aliphatic rings. The lowest BCUT2D eigenvalue weighted by Crippen LogP contribution is -2.32. The molecular formula is C13H17NO7S. The predicted molar refractivity (Wildman–Crippen MR) is 76.2 cm³/mol. The minimum absolute atomic E-state index is 0.164. The number of carbonyl (C=O) groups is 2. The average Bonchev–Trinajstić information content (AvgIpc) is 2.45. The molecule has 0 amide bonds. The quantitative estimate of drug-likeness (QED) is 0.706. The molecule has 0 radical (unpaired) electrons. The third-order valence-electron chi connectivity index (χ3n) is 2.88. The van der Waals surface area contributed by atoms with Crippen LogP contribution in [0, 0.1) is 0 Å². The summed E-state index contributed by atoms with van der Waals surface area (Å²) in [5, 5.41) is 8.73. The van der Waals surface area contributed by atoms with E-state index in [1.807, 2.05) is 0 Å². The first-order valence-electron chi connectivity index (χ1n) is 6.14. The van der Waals surface area contributed by atoms with E-state index in [1.165, 1.54) is 32.4 Å². The largest absolute Gasteiger partial charge is 0.497 e. The Hall–Kier alpha value is -2.13. The van der Waals surface area contributed by atoms with Crippen LogP contribution in [0.5, 0.6) is 5.75 Å². The normalized spacial score (nSPS) is 11.3. The first-order valence-corrected chi connectivity index (χ1v) is 7.58. The van der Waals surface area contributed by atoms with Gasteiger partial charge >= 0.3 is 11.9 Å². The van der Waals surface area contributed by atoms with Crippen LogP contribution in [0.15, 0.2) is 23.1 Å². The Labute approximate surface area is 128 Å². The lowest BCUT2D eigenvalue weighted by Gasteiger charge is -2.18. The van der Waals surface area contributed by atoms with Crippen LogP contribution in [-0.4, -0.2) is 57.6 Å². The lowest BCUT2D eigenvalue weighted by molar-refractivity contribution is -0.140. The Morgan fingerprint density at radius 3 is 2.41 bits per heavy atom. The van der Waals surface area contributed by atoms with E-state index in [4.69, 9.17) is 9.84 Å². The van der Waals surface area contributed by atoms with Crippen molar-refractivity contribution < 1.29 is 32.6 Å². The molecule has 0 spiro atoms. The fourth-order valence-electron chi connectivity index (χ4n) is 1.74. The first-order chi connectivity index (χ1) is 10.2. The first kappa shape index (κ1) is 17.9. The number of hydrogen-bond donors (Lipinski definition) is 1. The zero-order valence-electron chi connectivity index (χ0n) is 12.4. The Morgan fingerprint density at radius 2 is 1.91 bits per heavy atom. The summed E-state index contributed by atoms with van der Waals surface area (Å²) in [5.41, 5.74) is 0.170. The van der Waals surface area contributed by atoms with Crippen molar-refractivity contribution in [2.45, 2.75) is 11.3 Å². The maximum absolute atomic E-state index is 12.4. The van der Waals surface area contributed by atoms with E-state index >= 15 is 0 Å². The van der Waals surface area contributed by atoms with Gasteiger partial charge in [-0.25, -0.2) is 8.42 Å². The Balaban J connectivity index is 3.32. The molecule has 0 aromatic heterocycles. The van der Waals surface area contributed by atoms with Gasteiger partial charge < -0.3 is 14.6 Å². The number of esters is 1. The van der Waals surface area contributed by atoms with E-state index in [0.717, 1.165) is 7.05 Å². The summed E-state index contributed by atoms with van der Waals surface area (Å²) in [6.07, 6.45) is -0.275. The number of likely N-dealkylation sites (N-methyl/N-ethyl adjacent to an activating group) is 1. The van der Waals surface area contributed by atoms with Crippen molar-refractivity contribution in [1.82, 2.24) is 4.31 Å². The van der Waals surface area contributed by atoms with E-state index in [-0.39, 0.29) is 16.9 Å². The number of aliphatic carboxylic acids is 1. The second-order valence-electron chi connectivity index (χ2n) is 4.38. The number of carboxylic acid groups (broad SMARTS) is 1. The van der Waals surface area contributed by atoms with Crippen molar-refractivity contribution in [3.8, 4) is 5.75 Å². The molecule has 0 heterocycles. The fourth-order valence-corrected chi connectivity index (χ4v) is 3.06. The number of sulfonamides is 1. The molecule has 1 rings (SSSR count). The van der Waals surface area contributed by atoms with Gasteiger partial charge in [-0.2, -0.15) is 4.31 Å². The van der Waals surface area contributed by atoms with Gasteiger partial charge in [0.2, 0.25) is 10.0 Å². The number of benzene rings is 1. The Kier molecular flexibility index (Phi) is 5.89. The molecule has 0 bridgehead atoms. The molecule has 1 aromatic carbocycles. The highest BCUT2D eigenvalue weighted by atomic mass is 32.2. The smallest absolute Gasteiger partial charge is 0.318 e. The summed E-state index contributed by atoms with van der Waals surface area (Å²) in [4.78, 5) is 22.0. The number of hydrogen-bond acceptors (Lipinski definition) is 6. The topological polar surface area (TPSA) is 110 Å². The van der Waals surface area contributed by atoms with Crippen LogP contribution < -0.4 is 4.74 Å². The maximum atomic E-state index is 12.4. The third kappa shape index (κ3) is 4.18. The molecule has 0 fully saturated rings. The molecule has 0 saturated carbocycles. The summed E-state index contributed by atoms with van der Waals surface area (Å²) in [7, 11) is -0.313. The predicted octanol–water partition coefficient (Wildman–Crippen LogP) is 0.116. The zero-order chi connectivity index (χ0) is 16.9. The lowest BCUT2D eigenvalue weighted by atomic mass is 10.1. The van der Waals surface area contributed by atoms with Gasteiger partial charge in [0.1, 0.15) is 12.3 Å². The van der Waals surface area contributed by atoms with Crippen LogP contribution in [0.4, 0.5) is 0 Å². The molecule has 0 aliphatic heterocycles. The number of carboxylic acids is 1. The van der Waals surface area contributed by atoms with Gasteiger partial charge in [0.15, 0.2) is 0 Å². The number of rotatable bonds is 7. The molecule has 1 N–H and O–H groups in total. The number of ether oxygens (including phenoxy) is 2. The summed E-state index contributed by atoms with van der Waals surface area (Å²) >= 11 is 0. The van der Waals surface area contributed by atoms with E-state index in [0.29, 0.717) is 10.1 Å². The van der Waals surface area contributed by atoms with Gasteiger partial charge in [-0.05, 0) is 23.8 Å². The monoisotopic (exact) mass is 331 g/mol. The fraction of sp³-hybridized carbons (Fsp3) is 0.385. The molecule has 0 unspecified atom stereocenters. The summed E-state index contributed by atoms with van der Waals surface area (Å²) in [6, 6.07) is 4.09.